The molecule has 0 spiro atoms. The highest BCUT2D eigenvalue weighted by Crippen LogP contribution is 2.26. The second kappa shape index (κ2) is 8.81. The number of aromatic nitrogens is 3. The summed E-state index contributed by atoms with van der Waals surface area (Å²) in [5.41, 5.74) is 2.29. The van der Waals surface area contributed by atoms with E-state index in [9.17, 15) is 8.68 Å². The van der Waals surface area contributed by atoms with Crippen LogP contribution in [0.2, 0.25) is 5.02 Å². The summed E-state index contributed by atoms with van der Waals surface area (Å²) in [7, 11) is 1.73. The van der Waals surface area contributed by atoms with Crippen LogP contribution in [0.1, 0.15) is 28.5 Å². The standard InChI is InChI=1S/C20H21ClFN7OS/c1-10(11-6-25-7-11)27-20(30)14-9-29(31-22)19-18(14)28-16(8-26-19)17(23)13-4-3-12(21)5-15(13)24-2/h3-5,8-11,23-25H,6-7H2,1-2H3,(H,27,30). The molecule has 0 saturated carbocycles. The summed E-state index contributed by atoms with van der Waals surface area (Å²) in [4.78, 5) is 21.7. The van der Waals surface area contributed by atoms with Crippen LogP contribution in [0.5, 0.6) is 0 Å². The Morgan fingerprint density at radius 2 is 2.19 bits per heavy atom. The SMILES string of the molecule is CNc1cc(Cl)ccc1C(=N)c1cnc2c(n1)c(C(=O)NC(C)C1CNC1)cn2SF. The van der Waals surface area contributed by atoms with Crippen LogP contribution in [0, 0.1) is 11.3 Å². The lowest BCUT2D eigenvalue weighted by Crippen LogP contribution is -2.53. The van der Waals surface area contributed by atoms with Crippen LogP contribution >= 0.6 is 23.9 Å². The smallest absolute Gasteiger partial charge is 0.255 e. The molecule has 11 heteroatoms. The van der Waals surface area contributed by atoms with Gasteiger partial charge in [0.25, 0.3) is 5.91 Å². The Hall–Kier alpha value is -2.69. The monoisotopic (exact) mass is 461 g/mol. The highest BCUT2D eigenvalue weighted by Gasteiger charge is 2.27. The Morgan fingerprint density at radius 1 is 1.42 bits per heavy atom. The lowest BCUT2D eigenvalue weighted by Gasteiger charge is -2.32. The molecule has 1 aliphatic rings. The quantitative estimate of drug-likeness (QED) is 0.402. The molecule has 1 unspecified atom stereocenters. The summed E-state index contributed by atoms with van der Waals surface area (Å²) in [6.07, 6.45) is 2.78. The highest BCUT2D eigenvalue weighted by atomic mass is 35.5. The van der Waals surface area contributed by atoms with Crippen molar-refractivity contribution in [3.8, 4) is 0 Å². The van der Waals surface area contributed by atoms with Crippen molar-refractivity contribution in [1.29, 1.82) is 5.41 Å². The first-order valence-electron chi connectivity index (χ1n) is 9.68. The number of fused-ring (bicyclic) bond motifs is 1. The number of nitrogens with one attached hydrogen (secondary N) is 4. The number of anilines is 1. The van der Waals surface area contributed by atoms with Crippen molar-refractivity contribution in [1.82, 2.24) is 24.6 Å². The topological polar surface area (TPSA) is 108 Å². The summed E-state index contributed by atoms with van der Waals surface area (Å²) < 4.78 is 14.6. The van der Waals surface area contributed by atoms with Crippen molar-refractivity contribution < 1.29 is 8.68 Å². The van der Waals surface area contributed by atoms with E-state index < -0.39 is 0 Å². The summed E-state index contributed by atoms with van der Waals surface area (Å²) in [5, 5.41) is 18.3. The molecule has 31 heavy (non-hydrogen) atoms. The van der Waals surface area contributed by atoms with Crippen LogP contribution in [0.4, 0.5) is 9.57 Å². The van der Waals surface area contributed by atoms with Gasteiger partial charge in [0.05, 0.1) is 17.5 Å². The molecule has 3 heterocycles. The van der Waals surface area contributed by atoms with Crippen molar-refractivity contribution in [3.63, 3.8) is 0 Å². The molecule has 3 aromatic rings. The molecule has 1 aromatic carbocycles. The number of halogens is 2. The Bertz CT molecular complexity index is 1160. The number of carbonyl (C=O) groups excluding carboxylic acids is 1. The van der Waals surface area contributed by atoms with E-state index >= 15 is 0 Å². The molecule has 162 valence electrons. The molecule has 1 aliphatic heterocycles. The highest BCUT2D eigenvalue weighted by molar-refractivity contribution is 7.92. The minimum atomic E-state index is -0.349. The second-order valence-corrected chi connectivity index (χ2v) is 8.33. The maximum atomic E-state index is 13.5. The molecular weight excluding hydrogens is 441 g/mol. The Kier molecular flexibility index (Phi) is 6.12. The fourth-order valence-electron chi connectivity index (χ4n) is 3.45. The Balaban J connectivity index is 1.71. The number of hydrogen-bond acceptors (Lipinski definition) is 7. The molecule has 8 nitrogen and oxygen atoms in total. The fourth-order valence-corrected chi connectivity index (χ4v) is 3.97. The summed E-state index contributed by atoms with van der Waals surface area (Å²) in [6, 6.07) is 5.08. The van der Waals surface area contributed by atoms with Crippen LogP contribution in [0.15, 0.2) is 30.6 Å². The number of amides is 1. The second-order valence-electron chi connectivity index (χ2n) is 7.36. The number of benzene rings is 1. The van der Waals surface area contributed by atoms with E-state index in [4.69, 9.17) is 17.0 Å². The number of carbonyl (C=O) groups is 1. The van der Waals surface area contributed by atoms with Crippen LogP contribution in [0.25, 0.3) is 11.2 Å². The minimum Gasteiger partial charge on any atom is -0.388 e. The van der Waals surface area contributed by atoms with Gasteiger partial charge in [0.15, 0.2) is 18.0 Å². The van der Waals surface area contributed by atoms with Gasteiger partial charge in [-0.05, 0) is 25.1 Å². The first-order valence-corrected chi connectivity index (χ1v) is 10.7. The van der Waals surface area contributed by atoms with Crippen LogP contribution < -0.4 is 16.0 Å². The number of hydrogen-bond donors (Lipinski definition) is 4. The Labute approximate surface area is 187 Å². The van der Waals surface area contributed by atoms with Crippen molar-refractivity contribution >= 4 is 52.4 Å². The van der Waals surface area contributed by atoms with Crippen LogP contribution in [-0.4, -0.2) is 51.7 Å². The zero-order chi connectivity index (χ0) is 22.1. The van der Waals surface area contributed by atoms with Crippen molar-refractivity contribution in [3.05, 3.63) is 52.4 Å². The van der Waals surface area contributed by atoms with Gasteiger partial charge in [0, 0.05) is 54.6 Å². The summed E-state index contributed by atoms with van der Waals surface area (Å²) in [6.45, 7) is 3.64. The molecule has 1 atom stereocenters. The van der Waals surface area contributed by atoms with Gasteiger partial charge in [-0.2, -0.15) is 0 Å². The zero-order valence-electron chi connectivity index (χ0n) is 16.9. The molecule has 4 rings (SSSR count). The zero-order valence-corrected chi connectivity index (χ0v) is 18.4. The van der Waals surface area contributed by atoms with Gasteiger partial charge in [0.1, 0.15) is 11.2 Å². The van der Waals surface area contributed by atoms with Gasteiger partial charge in [-0.3, -0.25) is 10.2 Å². The van der Waals surface area contributed by atoms with E-state index in [1.165, 1.54) is 12.4 Å². The minimum absolute atomic E-state index is 0.0353. The molecule has 2 aromatic heterocycles. The van der Waals surface area contributed by atoms with Gasteiger partial charge in [-0.1, -0.05) is 11.6 Å². The fraction of sp³-hybridized carbons (Fsp3) is 0.300. The molecule has 0 radical (unpaired) electrons. The third-order valence-electron chi connectivity index (χ3n) is 5.44. The van der Waals surface area contributed by atoms with Gasteiger partial charge in [-0.25, -0.2) is 13.9 Å². The van der Waals surface area contributed by atoms with E-state index in [0.717, 1.165) is 17.1 Å². The predicted octanol–water partition coefficient (Wildman–Crippen LogP) is 3.26. The number of rotatable bonds is 7. The molecule has 4 N–H and O–H groups in total. The third kappa shape index (κ3) is 4.10. The average Bonchev–Trinajstić information content (AvgIpc) is 3.09. The van der Waals surface area contributed by atoms with E-state index in [1.54, 1.807) is 25.2 Å². The van der Waals surface area contributed by atoms with Gasteiger partial charge < -0.3 is 16.0 Å². The van der Waals surface area contributed by atoms with E-state index in [-0.39, 0.29) is 52.4 Å². The van der Waals surface area contributed by atoms with Gasteiger partial charge in [0.2, 0.25) is 0 Å². The molecule has 1 saturated heterocycles. The molecule has 1 amide bonds. The summed E-state index contributed by atoms with van der Waals surface area (Å²) >= 11 is 5.99. The van der Waals surface area contributed by atoms with Crippen molar-refractivity contribution in [2.75, 3.05) is 25.5 Å². The average molecular weight is 462 g/mol. The van der Waals surface area contributed by atoms with Crippen LogP contribution in [-0.2, 0) is 0 Å². The van der Waals surface area contributed by atoms with Crippen LogP contribution in [0.3, 0.4) is 0 Å². The maximum Gasteiger partial charge on any atom is 0.255 e. The maximum absolute atomic E-state index is 13.5. The van der Waals surface area contributed by atoms with Gasteiger partial charge >= 0.3 is 0 Å². The molecular formula is C20H21ClFN7OS. The summed E-state index contributed by atoms with van der Waals surface area (Å²) in [5.74, 6) is 0.00475. The van der Waals surface area contributed by atoms with E-state index in [2.05, 4.69) is 25.9 Å². The predicted molar refractivity (Wildman–Crippen MR) is 122 cm³/mol. The molecule has 0 aliphatic carbocycles. The normalized spacial score (nSPS) is 14.8. The molecule has 0 bridgehead atoms. The number of nitrogens with zero attached hydrogens (tertiary/aromatic N) is 3. The lowest BCUT2D eigenvalue weighted by atomic mass is 9.95. The largest absolute Gasteiger partial charge is 0.388 e. The van der Waals surface area contributed by atoms with Crippen molar-refractivity contribution in [2.45, 2.75) is 13.0 Å². The van der Waals surface area contributed by atoms with Crippen molar-refractivity contribution in [2.24, 2.45) is 5.92 Å². The van der Waals surface area contributed by atoms with E-state index in [0.29, 0.717) is 22.2 Å². The first kappa shape index (κ1) is 21.5. The first-order chi connectivity index (χ1) is 14.9. The lowest BCUT2D eigenvalue weighted by molar-refractivity contribution is 0.0918. The van der Waals surface area contributed by atoms with E-state index in [1.807, 2.05) is 6.92 Å². The third-order valence-corrected chi connectivity index (χ3v) is 6.10. The Morgan fingerprint density at radius 3 is 2.84 bits per heavy atom. The molecule has 1 fully saturated rings. The van der Waals surface area contributed by atoms with Gasteiger partial charge in [-0.15, -0.1) is 3.89 Å².